The molecule has 100 valence electrons. The van der Waals surface area contributed by atoms with Crippen LogP contribution in [0.1, 0.15) is 39.0 Å². The van der Waals surface area contributed by atoms with Gasteiger partial charge in [0.25, 0.3) is 0 Å². The molecule has 1 saturated heterocycles. The molecule has 2 rings (SSSR count). The molecule has 1 aliphatic rings. The molecule has 0 aliphatic carbocycles. The van der Waals surface area contributed by atoms with E-state index in [0.29, 0.717) is 11.7 Å². The Hall–Kier alpha value is -0.960. The van der Waals surface area contributed by atoms with E-state index in [0.717, 1.165) is 31.5 Å². The summed E-state index contributed by atoms with van der Waals surface area (Å²) in [5, 5.41) is 0.0964. The van der Waals surface area contributed by atoms with Gasteiger partial charge in [0.05, 0.1) is 16.4 Å². The van der Waals surface area contributed by atoms with Gasteiger partial charge in [-0.25, -0.2) is 4.39 Å². The first-order valence-electron chi connectivity index (χ1n) is 6.64. The first-order valence-corrected chi connectivity index (χ1v) is 7.02. The highest BCUT2D eigenvalue weighted by atomic mass is 35.5. The zero-order valence-corrected chi connectivity index (χ0v) is 11.5. The van der Waals surface area contributed by atoms with E-state index < -0.39 is 0 Å². The summed E-state index contributed by atoms with van der Waals surface area (Å²) in [5.74, 6) is -0.389. The number of hydrogen-bond donors (Lipinski definition) is 1. The Morgan fingerprint density at radius 3 is 2.89 bits per heavy atom. The summed E-state index contributed by atoms with van der Waals surface area (Å²) in [6.07, 6.45) is 5.83. The van der Waals surface area contributed by atoms with Gasteiger partial charge in [0.15, 0.2) is 0 Å². The number of benzene rings is 1. The van der Waals surface area contributed by atoms with E-state index in [-0.39, 0.29) is 10.8 Å². The summed E-state index contributed by atoms with van der Waals surface area (Å²) in [4.78, 5) is 2.25. The monoisotopic (exact) mass is 270 g/mol. The minimum absolute atomic E-state index is 0.0964. The standard InChI is InChI=1S/C14H20ClFN2/c1-2-10-6-4-3-5-7-18(10)14-9-12(16)11(15)8-13(14)17/h8-10H,2-7,17H2,1H3. The minimum Gasteiger partial charge on any atom is -0.397 e. The van der Waals surface area contributed by atoms with Crippen molar-refractivity contribution in [3.8, 4) is 0 Å². The summed E-state index contributed by atoms with van der Waals surface area (Å²) in [6.45, 7) is 3.12. The predicted octanol–water partition coefficient (Wildman–Crippen LogP) is 4.22. The van der Waals surface area contributed by atoms with Gasteiger partial charge in [-0.05, 0) is 25.3 Å². The Morgan fingerprint density at radius 1 is 1.39 bits per heavy atom. The van der Waals surface area contributed by atoms with Crippen molar-refractivity contribution in [3.05, 3.63) is 23.0 Å². The van der Waals surface area contributed by atoms with Crippen LogP contribution in [0.15, 0.2) is 12.1 Å². The van der Waals surface area contributed by atoms with Gasteiger partial charge in [0.2, 0.25) is 0 Å². The van der Waals surface area contributed by atoms with E-state index in [1.807, 2.05) is 0 Å². The van der Waals surface area contributed by atoms with Crippen LogP contribution in [0.4, 0.5) is 15.8 Å². The van der Waals surface area contributed by atoms with Crippen molar-refractivity contribution in [3.63, 3.8) is 0 Å². The number of rotatable bonds is 2. The van der Waals surface area contributed by atoms with Gasteiger partial charge in [-0.15, -0.1) is 0 Å². The maximum absolute atomic E-state index is 13.6. The Bertz CT molecular complexity index is 423. The van der Waals surface area contributed by atoms with Crippen LogP contribution in [0.25, 0.3) is 0 Å². The van der Waals surface area contributed by atoms with Gasteiger partial charge in [0, 0.05) is 18.7 Å². The van der Waals surface area contributed by atoms with Gasteiger partial charge in [0.1, 0.15) is 5.82 Å². The van der Waals surface area contributed by atoms with Crippen molar-refractivity contribution in [2.75, 3.05) is 17.2 Å². The highest BCUT2D eigenvalue weighted by Gasteiger charge is 2.22. The molecule has 2 N–H and O–H groups in total. The minimum atomic E-state index is -0.389. The molecule has 2 nitrogen and oxygen atoms in total. The van der Waals surface area contributed by atoms with Crippen molar-refractivity contribution in [1.29, 1.82) is 0 Å². The quantitative estimate of drug-likeness (QED) is 0.816. The smallest absolute Gasteiger partial charge is 0.144 e. The summed E-state index contributed by atoms with van der Waals surface area (Å²) < 4.78 is 13.6. The van der Waals surface area contributed by atoms with E-state index in [2.05, 4.69) is 11.8 Å². The molecule has 0 amide bonds. The fourth-order valence-corrected chi connectivity index (χ4v) is 2.89. The molecule has 0 saturated carbocycles. The third-order valence-corrected chi connectivity index (χ3v) is 4.02. The number of anilines is 2. The molecule has 1 aromatic rings. The summed E-state index contributed by atoms with van der Waals surface area (Å²) >= 11 is 5.75. The molecule has 4 heteroatoms. The molecule has 1 aromatic carbocycles. The van der Waals surface area contributed by atoms with E-state index in [9.17, 15) is 4.39 Å². The lowest BCUT2D eigenvalue weighted by Gasteiger charge is -2.32. The Kier molecular flexibility index (Phi) is 4.33. The van der Waals surface area contributed by atoms with E-state index in [1.165, 1.54) is 25.0 Å². The number of nitrogens with zero attached hydrogens (tertiary/aromatic N) is 1. The molecule has 1 atom stereocenters. The number of nitrogens with two attached hydrogens (primary N) is 1. The zero-order chi connectivity index (χ0) is 13.1. The van der Waals surface area contributed by atoms with E-state index in [4.69, 9.17) is 17.3 Å². The Labute approximate surface area is 113 Å². The van der Waals surface area contributed by atoms with Crippen LogP contribution < -0.4 is 10.6 Å². The van der Waals surface area contributed by atoms with Gasteiger partial charge in [-0.2, -0.15) is 0 Å². The summed E-state index contributed by atoms with van der Waals surface area (Å²) in [7, 11) is 0. The first kappa shape index (κ1) is 13.5. The second kappa shape index (κ2) is 5.79. The van der Waals surface area contributed by atoms with Crippen molar-refractivity contribution < 1.29 is 4.39 Å². The maximum Gasteiger partial charge on any atom is 0.144 e. The molecule has 1 aliphatic heterocycles. The zero-order valence-electron chi connectivity index (χ0n) is 10.8. The first-order chi connectivity index (χ1) is 8.63. The average Bonchev–Trinajstić information content (AvgIpc) is 2.58. The van der Waals surface area contributed by atoms with Crippen LogP contribution >= 0.6 is 11.6 Å². The molecule has 1 unspecified atom stereocenters. The molecule has 0 spiro atoms. The lowest BCUT2D eigenvalue weighted by Crippen LogP contribution is -2.35. The number of halogens is 2. The van der Waals surface area contributed by atoms with Gasteiger partial charge in [-0.1, -0.05) is 31.4 Å². The normalized spacial score (nSPS) is 20.8. The Balaban J connectivity index is 2.35. The maximum atomic E-state index is 13.6. The highest BCUT2D eigenvalue weighted by Crippen LogP contribution is 2.33. The average molecular weight is 271 g/mol. The largest absolute Gasteiger partial charge is 0.397 e. The molecule has 18 heavy (non-hydrogen) atoms. The lowest BCUT2D eigenvalue weighted by molar-refractivity contribution is 0.554. The second-order valence-corrected chi connectivity index (χ2v) is 5.34. The van der Waals surface area contributed by atoms with Crippen molar-refractivity contribution in [2.45, 2.75) is 45.1 Å². The van der Waals surface area contributed by atoms with Crippen molar-refractivity contribution in [1.82, 2.24) is 0 Å². The van der Waals surface area contributed by atoms with Crippen LogP contribution in [-0.2, 0) is 0 Å². The third kappa shape index (κ3) is 2.72. The van der Waals surface area contributed by atoms with Crippen LogP contribution in [0.2, 0.25) is 5.02 Å². The van der Waals surface area contributed by atoms with Crippen LogP contribution in [0.5, 0.6) is 0 Å². The highest BCUT2D eigenvalue weighted by molar-refractivity contribution is 6.31. The van der Waals surface area contributed by atoms with E-state index >= 15 is 0 Å². The van der Waals surface area contributed by atoms with Crippen LogP contribution in [0, 0.1) is 5.82 Å². The third-order valence-electron chi connectivity index (χ3n) is 3.73. The SMILES string of the molecule is CCC1CCCCCN1c1cc(F)c(Cl)cc1N. The molecular weight excluding hydrogens is 251 g/mol. The molecular formula is C14H20ClFN2. The predicted molar refractivity (Wildman–Crippen MR) is 75.7 cm³/mol. The lowest BCUT2D eigenvalue weighted by atomic mass is 10.1. The van der Waals surface area contributed by atoms with E-state index in [1.54, 1.807) is 0 Å². The van der Waals surface area contributed by atoms with Crippen molar-refractivity contribution in [2.24, 2.45) is 0 Å². The van der Waals surface area contributed by atoms with Crippen LogP contribution in [0.3, 0.4) is 0 Å². The molecule has 1 heterocycles. The molecule has 0 aromatic heterocycles. The molecule has 0 radical (unpaired) electrons. The Morgan fingerprint density at radius 2 is 2.17 bits per heavy atom. The molecule has 1 fully saturated rings. The summed E-state index contributed by atoms with van der Waals surface area (Å²) in [5.41, 5.74) is 7.36. The number of nitrogen functional groups attached to an aromatic ring is 1. The summed E-state index contributed by atoms with van der Waals surface area (Å²) in [6, 6.07) is 3.45. The van der Waals surface area contributed by atoms with Gasteiger partial charge in [-0.3, -0.25) is 0 Å². The molecule has 0 bridgehead atoms. The van der Waals surface area contributed by atoms with Gasteiger partial charge >= 0.3 is 0 Å². The number of hydrogen-bond acceptors (Lipinski definition) is 2. The van der Waals surface area contributed by atoms with Gasteiger partial charge < -0.3 is 10.6 Å². The topological polar surface area (TPSA) is 29.3 Å². The second-order valence-electron chi connectivity index (χ2n) is 4.93. The fraction of sp³-hybridized carbons (Fsp3) is 0.571. The van der Waals surface area contributed by atoms with Crippen molar-refractivity contribution >= 4 is 23.0 Å². The van der Waals surface area contributed by atoms with Crippen LogP contribution in [-0.4, -0.2) is 12.6 Å². The fourth-order valence-electron chi connectivity index (χ4n) is 2.72.